The molecule has 2 aromatic rings. The zero-order valence-electron chi connectivity index (χ0n) is 8.46. The fraction of sp³-hybridized carbons (Fsp3) is 0.0833. The summed E-state index contributed by atoms with van der Waals surface area (Å²) >= 11 is 0. The maximum Gasteiger partial charge on any atom is 0.264 e. The molecule has 0 radical (unpaired) electrons. The van der Waals surface area contributed by atoms with Crippen LogP contribution in [0.15, 0.2) is 54.9 Å². The monoisotopic (exact) mass is 202 g/mol. The van der Waals surface area contributed by atoms with Gasteiger partial charge in [0.1, 0.15) is 12.9 Å². The van der Waals surface area contributed by atoms with Crippen molar-refractivity contribution in [2.45, 2.75) is 0 Å². The molecule has 3 heteroatoms. The Balaban J connectivity index is 2.17. The molecular weight excluding hydrogens is 190 g/mol. The Hall–Kier alpha value is -2.03. The highest BCUT2D eigenvalue weighted by Gasteiger charge is 2.03. The molecule has 0 atom stereocenters. The lowest BCUT2D eigenvalue weighted by Gasteiger charge is -2.02. The van der Waals surface area contributed by atoms with Crippen molar-refractivity contribution in [2.24, 2.45) is 0 Å². The third-order valence-corrected chi connectivity index (χ3v) is 1.94. The van der Waals surface area contributed by atoms with Crippen LogP contribution in [0.3, 0.4) is 0 Å². The fourth-order valence-electron chi connectivity index (χ4n) is 1.23. The largest absolute Gasteiger partial charge is 0.451 e. The van der Waals surface area contributed by atoms with Gasteiger partial charge >= 0.3 is 0 Å². The lowest BCUT2D eigenvalue weighted by atomic mass is 10.3. The molecule has 1 aromatic heterocycles. The van der Waals surface area contributed by atoms with Crippen LogP contribution in [0.4, 0.5) is 0 Å². The summed E-state index contributed by atoms with van der Waals surface area (Å²) in [5.74, 6) is 1.55. The molecule has 0 bridgehead atoms. The van der Waals surface area contributed by atoms with Gasteiger partial charge in [0.25, 0.3) is 6.20 Å². The summed E-state index contributed by atoms with van der Waals surface area (Å²) in [7, 11) is 1.60. The van der Waals surface area contributed by atoms with E-state index in [0.29, 0.717) is 0 Å². The molecule has 0 aliphatic carbocycles. The van der Waals surface area contributed by atoms with Crippen molar-refractivity contribution >= 4 is 0 Å². The Morgan fingerprint density at radius 3 is 2.40 bits per heavy atom. The predicted molar refractivity (Wildman–Crippen MR) is 55.7 cm³/mol. The topological polar surface area (TPSA) is 22.3 Å². The van der Waals surface area contributed by atoms with Crippen molar-refractivity contribution in [1.29, 1.82) is 0 Å². The van der Waals surface area contributed by atoms with E-state index in [2.05, 4.69) is 0 Å². The van der Waals surface area contributed by atoms with Crippen LogP contribution < -0.4 is 14.3 Å². The van der Waals surface area contributed by atoms with Gasteiger partial charge < -0.3 is 4.74 Å². The first-order valence-corrected chi connectivity index (χ1v) is 4.67. The smallest absolute Gasteiger partial charge is 0.264 e. The minimum Gasteiger partial charge on any atom is -0.451 e. The lowest BCUT2D eigenvalue weighted by Crippen LogP contribution is -2.39. The van der Waals surface area contributed by atoms with Crippen molar-refractivity contribution in [3.8, 4) is 11.5 Å². The summed E-state index contributed by atoms with van der Waals surface area (Å²) in [6.45, 7) is 0. The number of aromatic nitrogens is 1. The Bertz CT molecular complexity index is 429. The number of ether oxygens (including phenoxy) is 1. The molecule has 0 aliphatic rings. The lowest BCUT2D eigenvalue weighted by molar-refractivity contribution is -0.885. The highest BCUT2D eigenvalue weighted by molar-refractivity contribution is 5.27. The molecule has 3 nitrogen and oxygen atoms in total. The second kappa shape index (κ2) is 4.46. The quantitative estimate of drug-likeness (QED) is 0.708. The van der Waals surface area contributed by atoms with E-state index in [-0.39, 0.29) is 0 Å². The molecule has 15 heavy (non-hydrogen) atoms. The van der Waals surface area contributed by atoms with Crippen LogP contribution in [0.2, 0.25) is 0 Å². The first kappa shape index (κ1) is 9.52. The molecule has 0 aliphatic heterocycles. The third kappa shape index (κ3) is 2.47. The van der Waals surface area contributed by atoms with Gasteiger partial charge in [0, 0.05) is 10.8 Å². The van der Waals surface area contributed by atoms with E-state index in [1.807, 2.05) is 42.5 Å². The second-order valence-electron chi connectivity index (χ2n) is 3.00. The molecule has 1 aromatic carbocycles. The zero-order chi connectivity index (χ0) is 10.5. The first-order chi connectivity index (χ1) is 7.38. The Labute approximate surface area is 88.5 Å². The van der Waals surface area contributed by atoms with E-state index >= 15 is 0 Å². The molecule has 2 rings (SSSR count). The maximum absolute atomic E-state index is 5.62. The number of rotatable bonds is 3. The van der Waals surface area contributed by atoms with Gasteiger partial charge in [-0.2, -0.15) is 0 Å². The van der Waals surface area contributed by atoms with Gasteiger partial charge in [0.2, 0.25) is 6.20 Å². The molecule has 1 heterocycles. The van der Waals surface area contributed by atoms with E-state index < -0.39 is 0 Å². The first-order valence-electron chi connectivity index (χ1n) is 4.67. The van der Waals surface area contributed by atoms with E-state index in [1.165, 1.54) is 0 Å². The van der Waals surface area contributed by atoms with Crippen molar-refractivity contribution in [3.05, 3.63) is 54.9 Å². The number of hydrogen-bond acceptors (Lipinski definition) is 2. The molecular formula is C12H12NO2+. The molecule has 0 spiro atoms. The Kier molecular flexibility index (Phi) is 2.83. The minimum absolute atomic E-state index is 0.741. The number of para-hydroxylation sites is 1. The van der Waals surface area contributed by atoms with Gasteiger partial charge in [-0.05, 0) is 18.2 Å². The molecule has 0 unspecified atom stereocenters. The van der Waals surface area contributed by atoms with Crippen LogP contribution in [-0.4, -0.2) is 7.11 Å². The summed E-state index contributed by atoms with van der Waals surface area (Å²) in [5.41, 5.74) is 0. The van der Waals surface area contributed by atoms with Crippen LogP contribution in [-0.2, 0) is 0 Å². The van der Waals surface area contributed by atoms with Gasteiger partial charge in [-0.3, -0.25) is 4.84 Å². The molecule has 0 saturated heterocycles. The summed E-state index contributed by atoms with van der Waals surface area (Å²) < 4.78 is 7.20. The maximum atomic E-state index is 5.62. The van der Waals surface area contributed by atoms with E-state index in [9.17, 15) is 0 Å². The highest BCUT2D eigenvalue weighted by atomic mass is 16.6. The fourth-order valence-corrected chi connectivity index (χ4v) is 1.23. The Morgan fingerprint density at radius 2 is 1.67 bits per heavy atom. The number of pyridine rings is 1. The van der Waals surface area contributed by atoms with Gasteiger partial charge in [-0.15, -0.1) is 0 Å². The van der Waals surface area contributed by atoms with Crippen LogP contribution in [0.1, 0.15) is 0 Å². The second-order valence-corrected chi connectivity index (χ2v) is 3.00. The number of nitrogens with zero attached hydrogens (tertiary/aromatic N) is 1. The van der Waals surface area contributed by atoms with Crippen molar-refractivity contribution in [2.75, 3.05) is 7.11 Å². The summed E-state index contributed by atoms with van der Waals surface area (Å²) in [4.78, 5) is 5.03. The van der Waals surface area contributed by atoms with Gasteiger partial charge in [-0.1, -0.05) is 18.2 Å². The minimum atomic E-state index is 0.741. The van der Waals surface area contributed by atoms with Crippen molar-refractivity contribution in [3.63, 3.8) is 0 Å². The molecule has 76 valence electrons. The van der Waals surface area contributed by atoms with Crippen LogP contribution in [0, 0.1) is 0 Å². The summed E-state index contributed by atoms with van der Waals surface area (Å²) in [5, 5.41) is 0. The van der Waals surface area contributed by atoms with Crippen molar-refractivity contribution in [1.82, 2.24) is 0 Å². The number of hydrogen-bond donors (Lipinski definition) is 0. The molecule has 0 saturated carbocycles. The summed E-state index contributed by atoms with van der Waals surface area (Å²) in [6, 6.07) is 13.4. The third-order valence-electron chi connectivity index (χ3n) is 1.94. The summed E-state index contributed by atoms with van der Waals surface area (Å²) in [6.07, 6.45) is 3.57. The standard InChI is InChI=1S/C12H12NO2/c1-14-13-9-5-8-12(10-13)15-11-6-3-2-4-7-11/h2-10H,1H3/q+1. The predicted octanol–water partition coefficient (Wildman–Crippen LogP) is 1.82. The van der Waals surface area contributed by atoms with Gasteiger partial charge in [-0.25, -0.2) is 0 Å². The Morgan fingerprint density at radius 1 is 0.933 bits per heavy atom. The van der Waals surface area contributed by atoms with Crippen molar-refractivity contribution < 1.29 is 14.3 Å². The number of benzene rings is 1. The van der Waals surface area contributed by atoms with Crippen LogP contribution in [0.5, 0.6) is 11.5 Å². The van der Waals surface area contributed by atoms with Crippen LogP contribution >= 0.6 is 0 Å². The molecule has 0 fully saturated rings. The highest BCUT2D eigenvalue weighted by Crippen LogP contribution is 2.18. The van der Waals surface area contributed by atoms with E-state index in [1.54, 1.807) is 24.2 Å². The van der Waals surface area contributed by atoms with E-state index in [4.69, 9.17) is 9.57 Å². The van der Waals surface area contributed by atoms with E-state index in [0.717, 1.165) is 11.5 Å². The normalized spacial score (nSPS) is 9.67. The van der Waals surface area contributed by atoms with Gasteiger partial charge in [0.05, 0.1) is 0 Å². The molecule has 0 N–H and O–H groups in total. The van der Waals surface area contributed by atoms with Gasteiger partial charge in [0.15, 0.2) is 5.75 Å². The average molecular weight is 202 g/mol. The SMILES string of the molecule is CO[n+]1cccc(Oc2ccccc2)c1. The molecule has 0 amide bonds. The average Bonchev–Trinajstić information content (AvgIpc) is 2.31. The zero-order valence-corrected chi connectivity index (χ0v) is 8.46. The van der Waals surface area contributed by atoms with Crippen LogP contribution in [0.25, 0.3) is 0 Å².